The van der Waals surface area contributed by atoms with Crippen LogP contribution in [-0.2, 0) is 5.54 Å². The monoisotopic (exact) mass is 281 g/mol. The molecule has 4 heteroatoms. The number of piperidine rings is 1. The van der Waals surface area contributed by atoms with Crippen LogP contribution in [0.15, 0.2) is 0 Å². The van der Waals surface area contributed by atoms with Gasteiger partial charge in [-0.1, -0.05) is 32.1 Å². The van der Waals surface area contributed by atoms with Crippen LogP contribution in [-0.4, -0.2) is 18.1 Å². The van der Waals surface area contributed by atoms with Crippen molar-refractivity contribution in [2.24, 2.45) is 11.7 Å². The van der Waals surface area contributed by atoms with Gasteiger partial charge >= 0.3 is 0 Å². The summed E-state index contributed by atoms with van der Waals surface area (Å²) in [6.45, 7) is 13.2. The quantitative estimate of drug-likeness (QED) is 0.918. The van der Waals surface area contributed by atoms with Crippen molar-refractivity contribution in [3.63, 3.8) is 0 Å². The van der Waals surface area contributed by atoms with E-state index in [0.717, 1.165) is 19.0 Å². The Hall–Kier alpha value is -0.610. The minimum Gasteiger partial charge on any atom is -0.348 e. The maximum Gasteiger partial charge on any atom is 0.185 e. The van der Waals surface area contributed by atoms with Crippen LogP contribution in [0.25, 0.3) is 0 Å². The standard InChI is InChI=1S/C15H27N3S/c1-10(2)12-13(15(4,5)16)19-14(17-12)18-8-6-7-11(3)9-18/h10-11H,6-9,16H2,1-5H3. The van der Waals surface area contributed by atoms with Crippen LogP contribution in [0.1, 0.15) is 63.9 Å². The van der Waals surface area contributed by atoms with Gasteiger partial charge in [0.2, 0.25) is 0 Å². The van der Waals surface area contributed by atoms with E-state index < -0.39 is 0 Å². The van der Waals surface area contributed by atoms with Crippen molar-refractivity contribution in [1.82, 2.24) is 4.98 Å². The number of anilines is 1. The summed E-state index contributed by atoms with van der Waals surface area (Å²) < 4.78 is 0. The molecule has 0 radical (unpaired) electrons. The molecule has 1 saturated heterocycles. The summed E-state index contributed by atoms with van der Waals surface area (Å²) in [4.78, 5) is 8.59. The van der Waals surface area contributed by atoms with E-state index in [0.29, 0.717) is 5.92 Å². The van der Waals surface area contributed by atoms with Gasteiger partial charge in [-0.05, 0) is 38.5 Å². The number of nitrogens with two attached hydrogens (primary N) is 1. The highest BCUT2D eigenvalue weighted by Gasteiger charge is 2.28. The smallest absolute Gasteiger partial charge is 0.185 e. The Morgan fingerprint density at radius 3 is 2.58 bits per heavy atom. The molecule has 0 amide bonds. The number of thiazole rings is 1. The second kappa shape index (κ2) is 5.41. The first-order valence-electron chi connectivity index (χ1n) is 7.34. The van der Waals surface area contributed by atoms with Crippen molar-refractivity contribution >= 4 is 16.5 Å². The molecule has 1 aromatic heterocycles. The topological polar surface area (TPSA) is 42.2 Å². The molecule has 2 rings (SSSR count). The summed E-state index contributed by atoms with van der Waals surface area (Å²) in [7, 11) is 0. The molecular weight excluding hydrogens is 254 g/mol. The van der Waals surface area contributed by atoms with Gasteiger partial charge < -0.3 is 10.6 Å². The summed E-state index contributed by atoms with van der Waals surface area (Å²) in [5, 5.41) is 1.17. The van der Waals surface area contributed by atoms with E-state index in [1.54, 1.807) is 11.3 Å². The van der Waals surface area contributed by atoms with Crippen LogP contribution < -0.4 is 10.6 Å². The average molecular weight is 281 g/mol. The maximum atomic E-state index is 6.32. The molecule has 1 fully saturated rings. The molecule has 0 bridgehead atoms. The van der Waals surface area contributed by atoms with Gasteiger partial charge in [0.25, 0.3) is 0 Å². The van der Waals surface area contributed by atoms with E-state index in [1.165, 1.54) is 28.5 Å². The Morgan fingerprint density at radius 1 is 1.42 bits per heavy atom. The van der Waals surface area contributed by atoms with E-state index in [2.05, 4.69) is 39.5 Å². The normalized spacial score (nSPS) is 21.2. The first kappa shape index (κ1) is 14.8. The van der Waals surface area contributed by atoms with E-state index in [9.17, 15) is 0 Å². The van der Waals surface area contributed by atoms with Crippen LogP contribution in [0.5, 0.6) is 0 Å². The zero-order chi connectivity index (χ0) is 14.2. The van der Waals surface area contributed by atoms with Crippen molar-refractivity contribution in [3.8, 4) is 0 Å². The summed E-state index contributed by atoms with van der Waals surface area (Å²) in [6.07, 6.45) is 2.62. The fourth-order valence-corrected chi connectivity index (χ4v) is 3.94. The maximum absolute atomic E-state index is 6.32. The Labute approximate surface area is 121 Å². The molecule has 1 aliphatic heterocycles. The number of nitrogens with zero attached hydrogens (tertiary/aromatic N) is 2. The highest BCUT2D eigenvalue weighted by molar-refractivity contribution is 7.15. The lowest BCUT2D eigenvalue weighted by molar-refractivity contribution is 0.446. The van der Waals surface area contributed by atoms with Crippen molar-refractivity contribution < 1.29 is 0 Å². The Morgan fingerprint density at radius 2 is 2.11 bits per heavy atom. The molecule has 108 valence electrons. The second-order valence-corrected chi connectivity index (χ2v) is 7.76. The van der Waals surface area contributed by atoms with Crippen molar-refractivity contribution in [1.29, 1.82) is 0 Å². The van der Waals surface area contributed by atoms with Crippen LogP contribution in [0.3, 0.4) is 0 Å². The van der Waals surface area contributed by atoms with Crippen molar-refractivity contribution in [2.45, 2.75) is 58.9 Å². The number of aromatic nitrogens is 1. The summed E-state index contributed by atoms with van der Waals surface area (Å²) in [6, 6.07) is 0. The van der Waals surface area contributed by atoms with Crippen LogP contribution in [0.2, 0.25) is 0 Å². The second-order valence-electron chi connectivity index (χ2n) is 6.78. The van der Waals surface area contributed by atoms with Crippen LogP contribution >= 0.6 is 11.3 Å². The first-order chi connectivity index (χ1) is 8.79. The molecule has 0 spiro atoms. The minimum atomic E-state index is -0.295. The van der Waals surface area contributed by atoms with Gasteiger partial charge in [0.05, 0.1) is 5.69 Å². The fraction of sp³-hybridized carbons (Fsp3) is 0.800. The van der Waals surface area contributed by atoms with Gasteiger partial charge in [0.15, 0.2) is 5.13 Å². The fourth-order valence-electron chi connectivity index (χ4n) is 2.67. The van der Waals surface area contributed by atoms with Crippen molar-refractivity contribution in [2.75, 3.05) is 18.0 Å². The van der Waals surface area contributed by atoms with E-state index >= 15 is 0 Å². The largest absolute Gasteiger partial charge is 0.348 e. The van der Waals surface area contributed by atoms with Gasteiger partial charge in [0.1, 0.15) is 0 Å². The number of hydrogen-bond acceptors (Lipinski definition) is 4. The van der Waals surface area contributed by atoms with Gasteiger partial charge in [-0.25, -0.2) is 4.98 Å². The molecule has 2 heterocycles. The molecule has 1 atom stereocenters. The molecule has 1 aromatic rings. The molecule has 2 N–H and O–H groups in total. The van der Waals surface area contributed by atoms with Gasteiger partial charge in [-0.3, -0.25) is 0 Å². The summed E-state index contributed by atoms with van der Waals surface area (Å²) in [5.74, 6) is 1.21. The number of rotatable bonds is 3. The van der Waals surface area contributed by atoms with Crippen molar-refractivity contribution in [3.05, 3.63) is 10.6 Å². The lowest BCUT2D eigenvalue weighted by Gasteiger charge is -2.30. The predicted molar refractivity (Wildman–Crippen MR) is 84.0 cm³/mol. The zero-order valence-corrected chi connectivity index (χ0v) is 13.7. The summed E-state index contributed by atoms with van der Waals surface area (Å²) >= 11 is 1.79. The van der Waals surface area contributed by atoms with E-state index in [4.69, 9.17) is 10.7 Å². The molecular formula is C15H27N3S. The third-order valence-corrected chi connectivity index (χ3v) is 5.17. The molecule has 19 heavy (non-hydrogen) atoms. The highest BCUT2D eigenvalue weighted by atomic mass is 32.1. The molecule has 1 aliphatic rings. The van der Waals surface area contributed by atoms with Gasteiger partial charge in [-0.2, -0.15) is 0 Å². The first-order valence-corrected chi connectivity index (χ1v) is 8.15. The zero-order valence-electron chi connectivity index (χ0n) is 12.9. The number of hydrogen-bond donors (Lipinski definition) is 1. The molecule has 0 saturated carbocycles. The molecule has 0 aromatic carbocycles. The molecule has 1 unspecified atom stereocenters. The SMILES string of the molecule is CC1CCCN(c2nc(C(C)C)c(C(C)(C)N)s2)C1. The Bertz CT molecular complexity index is 431. The third-order valence-electron chi connectivity index (χ3n) is 3.70. The molecule has 3 nitrogen and oxygen atoms in total. The highest BCUT2D eigenvalue weighted by Crippen LogP contribution is 2.37. The Kier molecular flexibility index (Phi) is 4.21. The lowest BCUT2D eigenvalue weighted by Crippen LogP contribution is -2.34. The summed E-state index contributed by atoms with van der Waals surface area (Å²) in [5.41, 5.74) is 7.21. The van der Waals surface area contributed by atoms with Crippen LogP contribution in [0, 0.1) is 5.92 Å². The van der Waals surface area contributed by atoms with E-state index in [-0.39, 0.29) is 5.54 Å². The lowest BCUT2D eigenvalue weighted by atomic mass is 9.98. The molecule has 0 aliphatic carbocycles. The van der Waals surface area contributed by atoms with E-state index in [1.807, 2.05) is 0 Å². The van der Waals surface area contributed by atoms with Gasteiger partial charge in [0, 0.05) is 23.5 Å². The van der Waals surface area contributed by atoms with Crippen LogP contribution in [0.4, 0.5) is 5.13 Å². The third kappa shape index (κ3) is 3.29. The Balaban J connectivity index is 2.32. The predicted octanol–water partition coefficient (Wildman–Crippen LogP) is 3.70. The average Bonchev–Trinajstić information content (AvgIpc) is 2.73. The van der Waals surface area contributed by atoms with Gasteiger partial charge in [-0.15, -0.1) is 0 Å². The minimum absolute atomic E-state index is 0.295.